The van der Waals surface area contributed by atoms with E-state index in [4.69, 9.17) is 5.73 Å². The van der Waals surface area contributed by atoms with Crippen molar-refractivity contribution in [2.75, 3.05) is 11.1 Å². The fraction of sp³-hybridized carbons (Fsp3) is 0. The number of nitrogens with zero attached hydrogens (tertiary/aromatic N) is 1. The Labute approximate surface area is 113 Å². The van der Waals surface area contributed by atoms with E-state index in [1.807, 2.05) is 0 Å². The molecule has 20 heavy (non-hydrogen) atoms. The summed E-state index contributed by atoms with van der Waals surface area (Å²) in [6.45, 7) is 0. The molecule has 6 nitrogen and oxygen atoms in total. The SMILES string of the molecule is Nc1ccc([N+](=O)[O-])cc1C(=O)Nc1cccc(F)c1. The molecule has 2 rings (SSSR count). The van der Waals surface area contributed by atoms with Crippen molar-refractivity contribution in [3.05, 3.63) is 64.0 Å². The number of nitro benzene ring substituents is 1. The van der Waals surface area contributed by atoms with Gasteiger partial charge in [0.15, 0.2) is 0 Å². The summed E-state index contributed by atoms with van der Waals surface area (Å²) in [4.78, 5) is 22.0. The van der Waals surface area contributed by atoms with Crippen molar-refractivity contribution in [3.8, 4) is 0 Å². The van der Waals surface area contributed by atoms with Crippen molar-refractivity contribution in [2.24, 2.45) is 0 Å². The average Bonchev–Trinajstić information content (AvgIpc) is 2.38. The summed E-state index contributed by atoms with van der Waals surface area (Å²) in [5, 5.41) is 13.1. The molecular weight excluding hydrogens is 265 g/mol. The standard InChI is InChI=1S/C13H10FN3O3/c14-8-2-1-3-9(6-8)16-13(18)11-7-10(17(19)20)4-5-12(11)15/h1-7H,15H2,(H,16,18). The molecule has 0 spiro atoms. The molecule has 0 fully saturated rings. The van der Waals surface area contributed by atoms with Gasteiger partial charge in [-0.05, 0) is 24.3 Å². The van der Waals surface area contributed by atoms with Crippen molar-refractivity contribution >= 4 is 23.0 Å². The number of amides is 1. The third kappa shape index (κ3) is 2.89. The van der Waals surface area contributed by atoms with E-state index >= 15 is 0 Å². The zero-order valence-electron chi connectivity index (χ0n) is 10.2. The number of hydrogen-bond acceptors (Lipinski definition) is 4. The van der Waals surface area contributed by atoms with Crippen LogP contribution in [-0.2, 0) is 0 Å². The van der Waals surface area contributed by atoms with Crippen LogP contribution in [0.15, 0.2) is 42.5 Å². The highest BCUT2D eigenvalue weighted by Crippen LogP contribution is 2.21. The number of carbonyl (C=O) groups is 1. The van der Waals surface area contributed by atoms with Crippen LogP contribution in [-0.4, -0.2) is 10.8 Å². The number of nitro groups is 1. The molecule has 0 atom stereocenters. The van der Waals surface area contributed by atoms with Gasteiger partial charge in [0, 0.05) is 23.5 Å². The first-order valence-corrected chi connectivity index (χ1v) is 5.58. The predicted octanol–water partition coefficient (Wildman–Crippen LogP) is 2.57. The second-order valence-electron chi connectivity index (χ2n) is 3.99. The van der Waals surface area contributed by atoms with Gasteiger partial charge in [-0.1, -0.05) is 6.07 Å². The molecule has 0 saturated heterocycles. The number of halogens is 1. The van der Waals surface area contributed by atoms with Gasteiger partial charge in [-0.3, -0.25) is 14.9 Å². The van der Waals surface area contributed by atoms with E-state index in [9.17, 15) is 19.3 Å². The van der Waals surface area contributed by atoms with Gasteiger partial charge in [0.25, 0.3) is 11.6 Å². The van der Waals surface area contributed by atoms with Crippen LogP contribution >= 0.6 is 0 Å². The Hall–Kier alpha value is -2.96. The lowest BCUT2D eigenvalue weighted by atomic mass is 10.1. The topological polar surface area (TPSA) is 98.3 Å². The lowest BCUT2D eigenvalue weighted by Crippen LogP contribution is -2.14. The van der Waals surface area contributed by atoms with E-state index in [0.29, 0.717) is 0 Å². The number of anilines is 2. The molecule has 102 valence electrons. The molecule has 0 heterocycles. The quantitative estimate of drug-likeness (QED) is 0.511. The van der Waals surface area contributed by atoms with Crippen LogP contribution in [0.1, 0.15) is 10.4 Å². The zero-order chi connectivity index (χ0) is 14.7. The fourth-order valence-corrected chi connectivity index (χ4v) is 1.62. The number of nitrogen functional groups attached to an aromatic ring is 1. The first-order chi connectivity index (χ1) is 9.47. The van der Waals surface area contributed by atoms with Gasteiger partial charge in [0.1, 0.15) is 5.82 Å². The number of benzene rings is 2. The van der Waals surface area contributed by atoms with Crippen LogP contribution in [0.3, 0.4) is 0 Å². The molecule has 3 N–H and O–H groups in total. The number of rotatable bonds is 3. The minimum Gasteiger partial charge on any atom is -0.398 e. The van der Waals surface area contributed by atoms with Gasteiger partial charge in [-0.15, -0.1) is 0 Å². The van der Waals surface area contributed by atoms with E-state index < -0.39 is 16.6 Å². The van der Waals surface area contributed by atoms with Crippen molar-refractivity contribution in [2.45, 2.75) is 0 Å². The van der Waals surface area contributed by atoms with Gasteiger partial charge < -0.3 is 11.1 Å². The predicted molar refractivity (Wildman–Crippen MR) is 71.9 cm³/mol. The van der Waals surface area contributed by atoms with Crippen molar-refractivity contribution in [1.29, 1.82) is 0 Å². The maximum Gasteiger partial charge on any atom is 0.270 e. The fourth-order valence-electron chi connectivity index (χ4n) is 1.62. The largest absolute Gasteiger partial charge is 0.398 e. The number of nitrogens with one attached hydrogen (secondary N) is 1. The summed E-state index contributed by atoms with van der Waals surface area (Å²) in [6, 6.07) is 8.84. The summed E-state index contributed by atoms with van der Waals surface area (Å²) in [6.07, 6.45) is 0. The molecule has 0 saturated carbocycles. The smallest absolute Gasteiger partial charge is 0.270 e. The molecule has 7 heteroatoms. The third-order valence-corrected chi connectivity index (χ3v) is 2.57. The van der Waals surface area contributed by atoms with Crippen molar-refractivity contribution in [1.82, 2.24) is 0 Å². The maximum atomic E-state index is 13.0. The molecule has 0 unspecified atom stereocenters. The van der Waals surface area contributed by atoms with Gasteiger partial charge >= 0.3 is 0 Å². The summed E-state index contributed by atoms with van der Waals surface area (Å²) < 4.78 is 13.0. The van der Waals surface area contributed by atoms with E-state index in [1.54, 1.807) is 0 Å². The van der Waals surface area contributed by atoms with Gasteiger partial charge in [-0.2, -0.15) is 0 Å². The molecule has 0 aliphatic heterocycles. The zero-order valence-corrected chi connectivity index (χ0v) is 10.2. The highest BCUT2D eigenvalue weighted by atomic mass is 19.1. The highest BCUT2D eigenvalue weighted by Gasteiger charge is 2.15. The van der Waals surface area contributed by atoms with Crippen LogP contribution in [0.25, 0.3) is 0 Å². The Morgan fingerprint density at radius 3 is 2.65 bits per heavy atom. The first kappa shape index (κ1) is 13.5. The Bertz CT molecular complexity index is 688. The third-order valence-electron chi connectivity index (χ3n) is 2.57. The Morgan fingerprint density at radius 1 is 1.25 bits per heavy atom. The van der Waals surface area contributed by atoms with Crippen molar-refractivity contribution in [3.63, 3.8) is 0 Å². The highest BCUT2D eigenvalue weighted by molar-refractivity contribution is 6.08. The number of carbonyl (C=O) groups excluding carboxylic acids is 1. The van der Waals surface area contributed by atoms with E-state index in [0.717, 1.165) is 12.1 Å². The average molecular weight is 275 g/mol. The summed E-state index contributed by atoms with van der Waals surface area (Å²) in [7, 11) is 0. The number of nitrogens with two attached hydrogens (primary N) is 1. The lowest BCUT2D eigenvalue weighted by molar-refractivity contribution is -0.384. The summed E-state index contributed by atoms with van der Waals surface area (Å²) >= 11 is 0. The molecule has 0 aromatic heterocycles. The maximum absolute atomic E-state index is 13.0. The first-order valence-electron chi connectivity index (χ1n) is 5.58. The van der Waals surface area contributed by atoms with Gasteiger partial charge in [-0.25, -0.2) is 4.39 Å². The molecule has 0 bridgehead atoms. The normalized spacial score (nSPS) is 10.1. The summed E-state index contributed by atoms with van der Waals surface area (Å²) in [5.74, 6) is -1.15. The Balaban J connectivity index is 2.29. The Kier molecular flexibility index (Phi) is 3.60. The minimum atomic E-state index is -0.642. The van der Waals surface area contributed by atoms with E-state index in [-0.39, 0.29) is 22.6 Å². The Morgan fingerprint density at radius 2 is 2.00 bits per heavy atom. The molecule has 0 aliphatic rings. The number of non-ortho nitro benzene ring substituents is 1. The van der Waals surface area contributed by atoms with E-state index in [2.05, 4.69) is 5.32 Å². The van der Waals surface area contributed by atoms with Crippen LogP contribution in [0, 0.1) is 15.9 Å². The second kappa shape index (κ2) is 5.35. The minimum absolute atomic E-state index is 0.0385. The van der Waals surface area contributed by atoms with Gasteiger partial charge in [0.05, 0.1) is 10.5 Å². The molecule has 2 aromatic rings. The molecule has 2 aromatic carbocycles. The van der Waals surface area contributed by atoms with Crippen LogP contribution < -0.4 is 11.1 Å². The monoisotopic (exact) mass is 275 g/mol. The van der Waals surface area contributed by atoms with Crippen LogP contribution in [0.5, 0.6) is 0 Å². The van der Waals surface area contributed by atoms with Crippen LogP contribution in [0.2, 0.25) is 0 Å². The van der Waals surface area contributed by atoms with E-state index in [1.165, 1.54) is 30.3 Å². The molecule has 0 radical (unpaired) electrons. The van der Waals surface area contributed by atoms with Crippen molar-refractivity contribution < 1.29 is 14.1 Å². The number of hydrogen-bond donors (Lipinski definition) is 2. The molecular formula is C13H10FN3O3. The molecule has 0 aliphatic carbocycles. The lowest BCUT2D eigenvalue weighted by Gasteiger charge is -2.07. The van der Waals surface area contributed by atoms with Gasteiger partial charge in [0.2, 0.25) is 0 Å². The van der Waals surface area contributed by atoms with Crippen LogP contribution in [0.4, 0.5) is 21.5 Å². The molecule has 1 amide bonds. The summed E-state index contributed by atoms with van der Waals surface area (Å²) in [5.41, 5.74) is 5.67. The second-order valence-corrected chi connectivity index (χ2v) is 3.99.